The molecule has 0 aliphatic carbocycles. The number of dihydropyridines is 1. The molecule has 1 aromatic carbocycles. The van der Waals surface area contributed by atoms with Gasteiger partial charge in [0.25, 0.3) is 0 Å². The van der Waals surface area contributed by atoms with Crippen molar-refractivity contribution in [1.29, 1.82) is 0 Å². The number of hydrogen-bond acceptors (Lipinski definition) is 4. The second-order valence-corrected chi connectivity index (χ2v) is 4.45. The average molecular weight is 310 g/mol. The Morgan fingerprint density at radius 1 is 1.43 bits per heavy atom. The van der Waals surface area contributed by atoms with Gasteiger partial charge in [-0.2, -0.15) is 0 Å². The molecule has 1 aromatic rings. The summed E-state index contributed by atoms with van der Waals surface area (Å²) in [6.45, 7) is 0. The fourth-order valence-electron chi connectivity index (χ4n) is 1.58. The van der Waals surface area contributed by atoms with Crippen LogP contribution in [0, 0.1) is 0 Å². The number of halogens is 1. The highest BCUT2D eigenvalue weighted by atomic mass is 35.5. The first-order valence-corrected chi connectivity index (χ1v) is 6.15. The molecule has 21 heavy (non-hydrogen) atoms. The number of carboxylic acid groups (broad SMARTS) is 1. The standard InChI is InChI=1S/C15H12ClNO4/c16-11-3-1-2-9(6-11)10-7-13(19)15(17-8-10)12(18)4-5-14(20)21/h1-3,6-8,18H,4-5H2,(H,20,21)/i5D2,7D,8D. The minimum atomic E-state index is -2.83. The van der Waals surface area contributed by atoms with Crippen LogP contribution in [-0.4, -0.2) is 28.2 Å². The normalized spacial score (nSPS) is 21.0. The highest BCUT2D eigenvalue weighted by Gasteiger charge is 2.18. The fourth-order valence-corrected chi connectivity index (χ4v) is 1.77. The van der Waals surface area contributed by atoms with Crippen LogP contribution in [0.1, 0.15) is 23.8 Å². The summed E-state index contributed by atoms with van der Waals surface area (Å²) < 4.78 is 30.4. The minimum absolute atomic E-state index is 0.0923. The molecule has 6 heteroatoms. The molecule has 0 saturated heterocycles. The Labute approximate surface area is 131 Å². The Morgan fingerprint density at radius 3 is 2.86 bits per heavy atom. The zero-order valence-corrected chi connectivity index (χ0v) is 11.3. The van der Waals surface area contributed by atoms with E-state index in [1.165, 1.54) is 12.1 Å². The number of allylic oxidation sites excluding steroid dienone is 3. The maximum Gasteiger partial charge on any atom is 0.303 e. The van der Waals surface area contributed by atoms with Crippen LogP contribution >= 0.6 is 11.6 Å². The molecule has 0 radical (unpaired) electrons. The van der Waals surface area contributed by atoms with Crippen molar-refractivity contribution in [3.8, 4) is 0 Å². The van der Waals surface area contributed by atoms with Crippen molar-refractivity contribution < 1.29 is 25.3 Å². The third kappa shape index (κ3) is 3.79. The molecule has 0 amide bonds. The van der Waals surface area contributed by atoms with Crippen molar-refractivity contribution in [2.24, 2.45) is 4.99 Å². The van der Waals surface area contributed by atoms with Gasteiger partial charge in [-0.25, -0.2) is 4.99 Å². The highest BCUT2D eigenvalue weighted by molar-refractivity contribution is 6.31. The zero-order chi connectivity index (χ0) is 18.9. The van der Waals surface area contributed by atoms with Crippen molar-refractivity contribution in [3.05, 3.63) is 52.4 Å². The number of aliphatic imine (C=N–C) groups is 1. The van der Waals surface area contributed by atoms with Crippen molar-refractivity contribution >= 4 is 35.1 Å². The van der Waals surface area contributed by atoms with Gasteiger partial charge < -0.3 is 10.2 Å². The highest BCUT2D eigenvalue weighted by Crippen LogP contribution is 2.23. The molecule has 0 bridgehead atoms. The molecule has 0 atom stereocenters. The summed E-state index contributed by atoms with van der Waals surface area (Å²) in [6.07, 6.45) is -4.34. The number of aliphatic carboxylic acids is 1. The van der Waals surface area contributed by atoms with Crippen LogP contribution in [0.4, 0.5) is 0 Å². The Hall–Kier alpha value is -2.40. The van der Waals surface area contributed by atoms with E-state index in [4.69, 9.17) is 22.2 Å². The molecule has 5 nitrogen and oxygen atoms in total. The van der Waals surface area contributed by atoms with Crippen LogP contribution < -0.4 is 0 Å². The third-order valence-corrected chi connectivity index (χ3v) is 2.76. The molecule has 0 aromatic heterocycles. The van der Waals surface area contributed by atoms with Gasteiger partial charge in [-0.3, -0.25) is 9.59 Å². The number of carbonyl (C=O) groups excluding carboxylic acids is 1. The van der Waals surface area contributed by atoms with Crippen molar-refractivity contribution in [3.63, 3.8) is 0 Å². The van der Waals surface area contributed by atoms with Crippen LogP contribution in [0.15, 0.2) is 46.8 Å². The molecule has 1 aliphatic rings. The second-order valence-electron chi connectivity index (χ2n) is 4.02. The summed E-state index contributed by atoms with van der Waals surface area (Å²) in [4.78, 5) is 26.7. The van der Waals surface area contributed by atoms with Crippen molar-refractivity contribution in [2.45, 2.75) is 12.8 Å². The average Bonchev–Trinajstić information content (AvgIpc) is 2.50. The van der Waals surface area contributed by atoms with E-state index >= 15 is 0 Å². The number of carbonyl (C=O) groups is 2. The molecular weight excluding hydrogens is 294 g/mol. The lowest BCUT2D eigenvalue weighted by Gasteiger charge is -2.10. The fraction of sp³-hybridized carbons (Fsp3) is 0.133. The number of aliphatic hydroxyl groups excluding tert-OH is 1. The lowest BCUT2D eigenvalue weighted by Crippen LogP contribution is -2.08. The summed E-state index contributed by atoms with van der Waals surface area (Å²) in [6, 6.07) is 5.50. The molecular formula is C15H12ClNO4. The second kappa shape index (κ2) is 6.37. The SMILES string of the molecule is [2H]C1=NC(=C(O)CC([2H])([2H])C(=O)O)C(=O)C([2H])=C1c1cccc(Cl)c1. The molecule has 0 fully saturated rings. The Balaban J connectivity index is 2.49. The Bertz CT molecular complexity index is 861. The molecule has 1 heterocycles. The first-order chi connectivity index (χ1) is 11.5. The number of ketones is 1. The molecule has 108 valence electrons. The largest absolute Gasteiger partial charge is 0.510 e. The number of nitrogens with zero attached hydrogens (tertiary/aromatic N) is 1. The van der Waals surface area contributed by atoms with E-state index in [-0.39, 0.29) is 5.57 Å². The summed E-state index contributed by atoms with van der Waals surface area (Å²) in [7, 11) is 0. The summed E-state index contributed by atoms with van der Waals surface area (Å²) in [5.41, 5.74) is -0.491. The van der Waals surface area contributed by atoms with E-state index in [9.17, 15) is 14.7 Å². The van der Waals surface area contributed by atoms with E-state index in [1.807, 2.05) is 0 Å². The molecule has 0 spiro atoms. The number of carboxylic acids is 1. The predicted octanol–water partition coefficient (Wildman–Crippen LogP) is 3.01. The summed E-state index contributed by atoms with van der Waals surface area (Å²) >= 11 is 5.86. The van der Waals surface area contributed by atoms with Gasteiger partial charge in [-0.1, -0.05) is 23.7 Å². The van der Waals surface area contributed by atoms with Gasteiger partial charge >= 0.3 is 5.97 Å². The van der Waals surface area contributed by atoms with E-state index < -0.39 is 48.2 Å². The Morgan fingerprint density at radius 2 is 2.19 bits per heavy atom. The van der Waals surface area contributed by atoms with Crippen molar-refractivity contribution in [2.75, 3.05) is 0 Å². The number of hydrogen-bond donors (Lipinski definition) is 2. The van der Waals surface area contributed by atoms with Crippen LogP contribution in [0.5, 0.6) is 0 Å². The van der Waals surface area contributed by atoms with E-state index in [0.717, 1.165) is 0 Å². The third-order valence-electron chi connectivity index (χ3n) is 2.53. The van der Waals surface area contributed by atoms with Crippen molar-refractivity contribution in [1.82, 2.24) is 0 Å². The lowest BCUT2D eigenvalue weighted by atomic mass is 10.0. The van der Waals surface area contributed by atoms with Gasteiger partial charge in [0, 0.05) is 25.9 Å². The monoisotopic (exact) mass is 309 g/mol. The maximum atomic E-state index is 12.3. The van der Waals surface area contributed by atoms with Gasteiger partial charge in [-0.05, 0) is 23.7 Å². The van der Waals surface area contributed by atoms with Gasteiger partial charge in [-0.15, -0.1) is 0 Å². The maximum absolute atomic E-state index is 12.3. The first kappa shape index (κ1) is 10.3. The van der Waals surface area contributed by atoms with Crippen LogP contribution in [-0.2, 0) is 9.59 Å². The van der Waals surface area contributed by atoms with Crippen LogP contribution in [0.25, 0.3) is 5.57 Å². The molecule has 2 N–H and O–H groups in total. The van der Waals surface area contributed by atoms with E-state index in [2.05, 4.69) is 4.99 Å². The van der Waals surface area contributed by atoms with Gasteiger partial charge in [0.15, 0.2) is 0 Å². The number of benzene rings is 1. The van der Waals surface area contributed by atoms with E-state index in [1.54, 1.807) is 12.1 Å². The topological polar surface area (TPSA) is 87.0 Å². The molecule has 0 unspecified atom stereocenters. The molecule has 1 aliphatic heterocycles. The lowest BCUT2D eigenvalue weighted by molar-refractivity contribution is -0.137. The minimum Gasteiger partial charge on any atom is -0.510 e. The van der Waals surface area contributed by atoms with Crippen LogP contribution in [0.2, 0.25) is 5.02 Å². The first-order valence-electron chi connectivity index (χ1n) is 7.77. The molecule has 0 saturated carbocycles. The Kier molecular flexibility index (Phi) is 3.14. The summed E-state index contributed by atoms with van der Waals surface area (Å²) in [5.74, 6) is -3.79. The number of rotatable bonds is 4. The van der Waals surface area contributed by atoms with Gasteiger partial charge in [0.2, 0.25) is 5.78 Å². The number of aliphatic hydroxyl groups is 1. The quantitative estimate of drug-likeness (QED) is 0.661. The summed E-state index contributed by atoms with van der Waals surface area (Å²) in [5, 5.41) is 19.0. The molecule has 2 rings (SSSR count). The predicted molar refractivity (Wildman–Crippen MR) is 79.5 cm³/mol. The van der Waals surface area contributed by atoms with Crippen LogP contribution in [0.3, 0.4) is 0 Å². The smallest absolute Gasteiger partial charge is 0.303 e. The van der Waals surface area contributed by atoms with E-state index in [0.29, 0.717) is 10.6 Å². The zero-order valence-electron chi connectivity index (χ0n) is 14.6. The van der Waals surface area contributed by atoms with Gasteiger partial charge in [0.1, 0.15) is 11.5 Å². The van der Waals surface area contributed by atoms with Gasteiger partial charge in [0.05, 0.1) is 9.11 Å².